The summed E-state index contributed by atoms with van der Waals surface area (Å²) in [6, 6.07) is 1.28. The van der Waals surface area contributed by atoms with Crippen LogP contribution in [-0.2, 0) is 0 Å². The average Bonchev–Trinajstić information content (AvgIpc) is 2.53. The van der Waals surface area contributed by atoms with Crippen molar-refractivity contribution in [2.75, 3.05) is 0 Å². The molecule has 0 fully saturated rings. The van der Waals surface area contributed by atoms with Crippen molar-refractivity contribution in [2.24, 2.45) is 5.73 Å². The molecule has 0 aromatic carbocycles. The number of hydrogen-bond acceptors (Lipinski definition) is 4. The van der Waals surface area contributed by atoms with Gasteiger partial charge in [-0.3, -0.25) is 4.79 Å². The Morgan fingerprint density at radius 3 is 3.00 bits per heavy atom. The summed E-state index contributed by atoms with van der Waals surface area (Å²) >= 11 is 1.34. The number of ketones is 1. The van der Waals surface area contributed by atoms with Gasteiger partial charge in [0.1, 0.15) is 6.10 Å². The second-order valence-corrected chi connectivity index (χ2v) is 3.46. The van der Waals surface area contributed by atoms with Gasteiger partial charge in [-0.15, -0.1) is 11.3 Å². The highest BCUT2D eigenvalue weighted by Crippen LogP contribution is 2.33. The second kappa shape index (κ2) is 2.14. The van der Waals surface area contributed by atoms with Gasteiger partial charge >= 0.3 is 0 Å². The SMILES string of the molecule is N[C@@H]1c2ccsc2C(=O)[C@H]1O. The number of hydrogen-bond donors (Lipinski definition) is 2. The first-order chi connectivity index (χ1) is 5.22. The van der Waals surface area contributed by atoms with Crippen LogP contribution in [-0.4, -0.2) is 17.0 Å². The fraction of sp³-hybridized carbons (Fsp3) is 0.286. The highest BCUT2D eigenvalue weighted by molar-refractivity contribution is 7.12. The lowest BCUT2D eigenvalue weighted by molar-refractivity contribution is 0.0739. The summed E-state index contributed by atoms with van der Waals surface area (Å²) in [6.45, 7) is 0. The van der Waals surface area contributed by atoms with Gasteiger partial charge < -0.3 is 10.8 Å². The summed E-state index contributed by atoms with van der Waals surface area (Å²) in [6.07, 6.45) is -1.02. The zero-order chi connectivity index (χ0) is 8.01. The number of carbonyl (C=O) groups excluding carboxylic acids is 1. The molecule has 0 bridgehead atoms. The third-order valence-corrected chi connectivity index (χ3v) is 2.83. The second-order valence-electron chi connectivity index (χ2n) is 2.54. The van der Waals surface area contributed by atoms with Crippen LogP contribution in [0.1, 0.15) is 21.3 Å². The normalized spacial score (nSPS) is 29.1. The van der Waals surface area contributed by atoms with E-state index in [1.165, 1.54) is 11.3 Å². The van der Waals surface area contributed by atoms with Gasteiger partial charge in [-0.25, -0.2) is 0 Å². The minimum absolute atomic E-state index is 0.234. The van der Waals surface area contributed by atoms with Crippen molar-refractivity contribution in [2.45, 2.75) is 12.1 Å². The molecule has 0 aliphatic heterocycles. The maximum atomic E-state index is 11.1. The minimum Gasteiger partial charge on any atom is -0.383 e. The topological polar surface area (TPSA) is 63.3 Å². The van der Waals surface area contributed by atoms with E-state index in [2.05, 4.69) is 0 Å². The van der Waals surface area contributed by atoms with Crippen molar-refractivity contribution in [3.8, 4) is 0 Å². The van der Waals surface area contributed by atoms with E-state index in [1.54, 1.807) is 6.07 Å². The molecule has 0 spiro atoms. The van der Waals surface area contributed by atoms with Gasteiger partial charge in [0.25, 0.3) is 0 Å². The first kappa shape index (κ1) is 6.97. The average molecular weight is 169 g/mol. The molecule has 4 heteroatoms. The molecule has 1 heterocycles. The highest BCUT2D eigenvalue weighted by Gasteiger charge is 2.36. The van der Waals surface area contributed by atoms with Crippen molar-refractivity contribution in [1.82, 2.24) is 0 Å². The van der Waals surface area contributed by atoms with Crippen LogP contribution in [0, 0.1) is 0 Å². The van der Waals surface area contributed by atoms with Crippen molar-refractivity contribution < 1.29 is 9.90 Å². The maximum Gasteiger partial charge on any atom is 0.203 e. The summed E-state index contributed by atoms with van der Waals surface area (Å²) in [5.74, 6) is -0.234. The molecule has 0 radical (unpaired) electrons. The molecule has 3 nitrogen and oxygen atoms in total. The third-order valence-electron chi connectivity index (χ3n) is 1.89. The van der Waals surface area contributed by atoms with Gasteiger partial charge in [-0.2, -0.15) is 0 Å². The van der Waals surface area contributed by atoms with Crippen LogP contribution >= 0.6 is 11.3 Å². The number of nitrogens with two attached hydrogens (primary N) is 1. The highest BCUT2D eigenvalue weighted by atomic mass is 32.1. The quantitative estimate of drug-likeness (QED) is 0.587. The molecule has 2 atom stereocenters. The molecule has 2 rings (SSSR count). The Kier molecular flexibility index (Phi) is 1.35. The predicted molar refractivity (Wildman–Crippen MR) is 41.6 cm³/mol. The van der Waals surface area contributed by atoms with Gasteiger partial charge in [0.15, 0.2) is 0 Å². The number of aliphatic hydroxyl groups is 1. The van der Waals surface area contributed by atoms with Gasteiger partial charge in [0.2, 0.25) is 5.78 Å². The summed E-state index contributed by atoms with van der Waals surface area (Å²) in [5, 5.41) is 11.0. The molecule has 3 N–H and O–H groups in total. The molecule has 0 saturated carbocycles. The van der Waals surface area contributed by atoms with Gasteiger partial charge in [-0.1, -0.05) is 0 Å². The number of thiophene rings is 1. The first-order valence-corrected chi connectivity index (χ1v) is 4.15. The van der Waals surface area contributed by atoms with Crippen molar-refractivity contribution >= 4 is 17.1 Å². The Morgan fingerprint density at radius 2 is 2.36 bits per heavy atom. The summed E-state index contributed by atoms with van der Waals surface area (Å²) in [4.78, 5) is 11.8. The lowest BCUT2D eigenvalue weighted by Crippen LogP contribution is -2.25. The lowest BCUT2D eigenvalue weighted by Gasteiger charge is -2.05. The fourth-order valence-electron chi connectivity index (χ4n) is 1.25. The van der Waals surface area contributed by atoms with E-state index in [0.29, 0.717) is 4.88 Å². The van der Waals surface area contributed by atoms with Crippen LogP contribution < -0.4 is 5.73 Å². The van der Waals surface area contributed by atoms with E-state index in [4.69, 9.17) is 5.73 Å². The minimum atomic E-state index is -1.02. The fourth-order valence-corrected chi connectivity index (χ4v) is 2.18. The summed E-state index contributed by atoms with van der Waals surface area (Å²) < 4.78 is 0. The van der Waals surface area contributed by atoms with Gasteiger partial charge in [0, 0.05) is 0 Å². The van der Waals surface area contributed by atoms with E-state index >= 15 is 0 Å². The van der Waals surface area contributed by atoms with Crippen molar-refractivity contribution in [3.63, 3.8) is 0 Å². The standard InChI is InChI=1S/C7H7NO2S/c8-4-3-1-2-11-7(3)6(10)5(4)9/h1-2,4-5,9H,8H2/t4-,5+/m1/s1. The van der Waals surface area contributed by atoms with E-state index < -0.39 is 12.1 Å². The van der Waals surface area contributed by atoms with E-state index in [-0.39, 0.29) is 5.78 Å². The Hall–Kier alpha value is -0.710. The molecule has 1 aliphatic rings. The molecule has 0 saturated heterocycles. The Labute approximate surface area is 67.5 Å². The number of carbonyl (C=O) groups is 1. The van der Waals surface area contributed by atoms with E-state index in [0.717, 1.165) is 5.56 Å². The van der Waals surface area contributed by atoms with E-state index in [9.17, 15) is 9.90 Å². The molecule has 11 heavy (non-hydrogen) atoms. The van der Waals surface area contributed by atoms with Crippen LogP contribution in [0.15, 0.2) is 11.4 Å². The first-order valence-electron chi connectivity index (χ1n) is 3.27. The van der Waals surface area contributed by atoms with Crippen LogP contribution in [0.2, 0.25) is 0 Å². The molecular formula is C7H7NO2S. The van der Waals surface area contributed by atoms with E-state index in [1.807, 2.05) is 5.38 Å². The third kappa shape index (κ3) is 0.772. The molecule has 0 unspecified atom stereocenters. The lowest BCUT2D eigenvalue weighted by atomic mass is 10.2. The number of fused-ring (bicyclic) bond motifs is 1. The number of Topliss-reactive ketones (excluding diaryl/α,β-unsaturated/α-hetero) is 1. The molecule has 1 aromatic rings. The number of rotatable bonds is 0. The molecule has 58 valence electrons. The van der Waals surface area contributed by atoms with Crippen LogP contribution in [0.4, 0.5) is 0 Å². The molecular weight excluding hydrogens is 162 g/mol. The van der Waals surface area contributed by atoms with Gasteiger partial charge in [0.05, 0.1) is 10.9 Å². The van der Waals surface area contributed by atoms with Crippen LogP contribution in [0.5, 0.6) is 0 Å². The molecule has 1 aromatic heterocycles. The summed E-state index contributed by atoms with van der Waals surface area (Å²) in [7, 11) is 0. The molecule has 0 amide bonds. The van der Waals surface area contributed by atoms with Crippen molar-refractivity contribution in [3.05, 3.63) is 21.9 Å². The largest absolute Gasteiger partial charge is 0.383 e. The predicted octanol–water partition coefficient (Wildman–Crippen LogP) is 0.305. The Bertz CT molecular complexity index is 307. The maximum absolute atomic E-state index is 11.1. The monoisotopic (exact) mass is 169 g/mol. The zero-order valence-corrected chi connectivity index (χ0v) is 6.47. The Morgan fingerprint density at radius 1 is 1.64 bits per heavy atom. The van der Waals surface area contributed by atoms with Gasteiger partial charge in [-0.05, 0) is 17.0 Å². The summed E-state index contributed by atoms with van der Waals surface area (Å²) in [5.41, 5.74) is 6.35. The van der Waals surface area contributed by atoms with Crippen LogP contribution in [0.25, 0.3) is 0 Å². The molecule has 1 aliphatic carbocycles. The Balaban J connectivity index is 2.56. The number of aliphatic hydroxyl groups excluding tert-OH is 1. The van der Waals surface area contributed by atoms with Crippen LogP contribution in [0.3, 0.4) is 0 Å². The smallest absolute Gasteiger partial charge is 0.203 e. The van der Waals surface area contributed by atoms with Crippen molar-refractivity contribution in [1.29, 1.82) is 0 Å². The zero-order valence-electron chi connectivity index (χ0n) is 5.65.